The molecule has 146 valence electrons. The van der Waals surface area contributed by atoms with Crippen LogP contribution in [-0.4, -0.2) is 49.6 Å². The van der Waals surface area contributed by atoms with E-state index in [1.54, 1.807) is 0 Å². The van der Waals surface area contributed by atoms with Gasteiger partial charge in [-0.15, -0.1) is 0 Å². The predicted octanol–water partition coefficient (Wildman–Crippen LogP) is 3.99. The number of hydrogen-bond donors (Lipinski definition) is 0. The molecule has 4 heteroatoms. The Kier molecular flexibility index (Phi) is 5.40. The maximum atomic E-state index is 12.9. The minimum absolute atomic E-state index is 0.223. The van der Waals surface area contributed by atoms with Gasteiger partial charge in [-0.2, -0.15) is 0 Å². The first kappa shape index (κ1) is 19.0. The van der Waals surface area contributed by atoms with Crippen molar-refractivity contribution >= 4 is 19.2 Å². The Morgan fingerprint density at radius 2 is 1.75 bits per heavy atom. The van der Waals surface area contributed by atoms with E-state index in [1.807, 2.05) is 12.1 Å². The van der Waals surface area contributed by atoms with E-state index < -0.39 is 8.07 Å². The molecule has 1 atom stereocenters. The molecule has 0 spiro atoms. The molecule has 0 aliphatic carbocycles. The Morgan fingerprint density at radius 3 is 2.50 bits per heavy atom. The van der Waals surface area contributed by atoms with Crippen LogP contribution >= 0.6 is 0 Å². The van der Waals surface area contributed by atoms with Gasteiger partial charge in [-0.1, -0.05) is 67.7 Å². The van der Waals surface area contributed by atoms with Crippen LogP contribution < -0.4 is 5.19 Å². The maximum absolute atomic E-state index is 12.9. The highest BCUT2D eigenvalue weighted by atomic mass is 28.3. The molecule has 2 aliphatic heterocycles. The number of carbonyl (C=O) groups excluding carboxylic acids is 1. The van der Waals surface area contributed by atoms with E-state index in [1.165, 1.54) is 10.8 Å². The van der Waals surface area contributed by atoms with Gasteiger partial charge in [0.15, 0.2) is 0 Å². The zero-order valence-corrected chi connectivity index (χ0v) is 18.0. The van der Waals surface area contributed by atoms with Gasteiger partial charge in [0.2, 0.25) is 0 Å². The number of hydrogen-bond acceptors (Lipinski definition) is 2. The molecule has 2 aromatic rings. The second kappa shape index (κ2) is 7.96. The van der Waals surface area contributed by atoms with Gasteiger partial charge in [0.05, 0.1) is 0 Å². The summed E-state index contributed by atoms with van der Waals surface area (Å²) in [5.74, 6) is 0.755. The van der Waals surface area contributed by atoms with Crippen molar-refractivity contribution in [2.45, 2.75) is 31.9 Å². The third-order valence-electron chi connectivity index (χ3n) is 6.12. The number of benzene rings is 2. The average Bonchev–Trinajstić information content (AvgIpc) is 2.73. The molecule has 4 rings (SSSR count). The maximum Gasteiger partial charge on any atom is 0.253 e. The van der Waals surface area contributed by atoms with Crippen molar-refractivity contribution in [2.24, 2.45) is 0 Å². The highest BCUT2D eigenvalue weighted by Crippen LogP contribution is 2.25. The Balaban J connectivity index is 1.32. The average molecular weight is 391 g/mol. The lowest BCUT2D eigenvalue weighted by atomic mass is 9.93. The van der Waals surface area contributed by atoms with E-state index in [4.69, 9.17) is 0 Å². The van der Waals surface area contributed by atoms with Gasteiger partial charge in [-0.3, -0.25) is 4.79 Å². The lowest BCUT2D eigenvalue weighted by Gasteiger charge is -2.38. The van der Waals surface area contributed by atoms with Crippen LogP contribution in [0.3, 0.4) is 0 Å². The molecule has 0 radical (unpaired) electrons. The Bertz CT molecular complexity index is 862. The molecule has 0 bridgehead atoms. The molecule has 2 aromatic carbocycles. The van der Waals surface area contributed by atoms with E-state index in [2.05, 4.69) is 77.6 Å². The van der Waals surface area contributed by atoms with Gasteiger partial charge in [-0.25, -0.2) is 0 Å². The highest BCUT2D eigenvalue weighted by molar-refractivity contribution is 6.91. The smallest absolute Gasteiger partial charge is 0.253 e. The summed E-state index contributed by atoms with van der Waals surface area (Å²) in [4.78, 5) is 17.4. The number of allylic oxidation sites excluding steroid dienone is 1. The van der Waals surface area contributed by atoms with E-state index in [9.17, 15) is 4.79 Å². The summed E-state index contributed by atoms with van der Waals surface area (Å²) in [5, 5.41) is 1.32. The highest BCUT2D eigenvalue weighted by Gasteiger charge is 2.37. The van der Waals surface area contributed by atoms with Crippen molar-refractivity contribution in [3.8, 4) is 0 Å². The van der Waals surface area contributed by atoms with Gasteiger partial charge in [0.25, 0.3) is 5.91 Å². The molecule has 1 unspecified atom stereocenters. The predicted molar refractivity (Wildman–Crippen MR) is 119 cm³/mol. The van der Waals surface area contributed by atoms with Crippen LogP contribution in [0.1, 0.15) is 34.7 Å². The standard InChI is InChI=1S/C24H30N2OSi/c1-28(2)19-26(24(27)22-11-6-7-12-23(22)28)16-8-15-25-17-13-21(14-18-25)20-9-4-3-5-10-20/h3-7,9-13,17,21H,8,14-16,18-19H2,1-2H3. The summed E-state index contributed by atoms with van der Waals surface area (Å²) in [6.45, 7) is 7.72. The number of fused-ring (bicyclic) bond motifs is 1. The van der Waals surface area contributed by atoms with Crippen LogP contribution in [0.2, 0.25) is 13.1 Å². The number of carbonyl (C=O) groups is 1. The van der Waals surface area contributed by atoms with Crippen molar-refractivity contribution in [3.63, 3.8) is 0 Å². The lowest BCUT2D eigenvalue weighted by Crippen LogP contribution is -2.60. The normalized spacial score (nSPS) is 20.9. The van der Waals surface area contributed by atoms with Crippen LogP contribution in [0, 0.1) is 0 Å². The van der Waals surface area contributed by atoms with Crippen molar-refractivity contribution in [1.29, 1.82) is 0 Å². The number of rotatable bonds is 5. The largest absolute Gasteiger partial charge is 0.378 e. The molecular formula is C24H30N2OSi. The molecule has 3 nitrogen and oxygen atoms in total. The topological polar surface area (TPSA) is 23.6 Å². The van der Waals surface area contributed by atoms with Crippen LogP contribution in [0.15, 0.2) is 66.9 Å². The fraction of sp³-hybridized carbons (Fsp3) is 0.375. The van der Waals surface area contributed by atoms with Crippen LogP contribution in [0.4, 0.5) is 0 Å². The quantitative estimate of drug-likeness (QED) is 0.721. The zero-order chi connectivity index (χ0) is 19.6. The van der Waals surface area contributed by atoms with E-state index in [-0.39, 0.29) is 5.91 Å². The van der Waals surface area contributed by atoms with Gasteiger partial charge in [0, 0.05) is 37.3 Å². The second-order valence-corrected chi connectivity index (χ2v) is 13.3. The monoisotopic (exact) mass is 390 g/mol. The van der Waals surface area contributed by atoms with Gasteiger partial charge >= 0.3 is 0 Å². The fourth-order valence-electron chi connectivity index (χ4n) is 4.58. The molecule has 0 aromatic heterocycles. The summed E-state index contributed by atoms with van der Waals surface area (Å²) in [5.41, 5.74) is 2.34. The van der Waals surface area contributed by atoms with Crippen LogP contribution in [-0.2, 0) is 0 Å². The first-order valence-electron chi connectivity index (χ1n) is 10.4. The molecule has 0 saturated carbocycles. The lowest BCUT2D eigenvalue weighted by molar-refractivity contribution is 0.0771. The summed E-state index contributed by atoms with van der Waals surface area (Å²) in [6.07, 6.45) is 7.72. The van der Waals surface area contributed by atoms with Gasteiger partial charge in [-0.05, 0) is 35.9 Å². The van der Waals surface area contributed by atoms with E-state index in [0.29, 0.717) is 5.92 Å². The molecule has 1 amide bonds. The molecule has 0 saturated heterocycles. The minimum atomic E-state index is -1.57. The third-order valence-corrected chi connectivity index (χ3v) is 9.18. The van der Waals surface area contributed by atoms with E-state index >= 15 is 0 Å². The Morgan fingerprint density at radius 1 is 1.00 bits per heavy atom. The fourth-order valence-corrected chi connectivity index (χ4v) is 7.47. The molecule has 0 N–H and O–H groups in total. The molecule has 2 aliphatic rings. The molecular weight excluding hydrogens is 360 g/mol. The summed E-state index contributed by atoms with van der Waals surface area (Å²) in [6, 6.07) is 19.0. The van der Waals surface area contributed by atoms with Crippen molar-refractivity contribution < 1.29 is 4.79 Å². The Labute approximate surface area is 169 Å². The Hall–Kier alpha value is -2.33. The minimum Gasteiger partial charge on any atom is -0.378 e. The van der Waals surface area contributed by atoms with Crippen molar-refractivity contribution in [1.82, 2.24) is 9.80 Å². The van der Waals surface area contributed by atoms with Crippen molar-refractivity contribution in [2.75, 3.05) is 25.8 Å². The summed E-state index contributed by atoms with van der Waals surface area (Å²) >= 11 is 0. The molecule has 28 heavy (non-hydrogen) atoms. The van der Waals surface area contributed by atoms with Crippen LogP contribution in [0.5, 0.6) is 0 Å². The van der Waals surface area contributed by atoms with E-state index in [0.717, 1.165) is 44.2 Å². The first-order valence-corrected chi connectivity index (χ1v) is 13.6. The van der Waals surface area contributed by atoms with Crippen molar-refractivity contribution in [3.05, 3.63) is 78.0 Å². The van der Waals surface area contributed by atoms with Gasteiger partial charge in [0.1, 0.15) is 8.07 Å². The summed E-state index contributed by atoms with van der Waals surface area (Å²) in [7, 11) is -1.57. The molecule has 0 fully saturated rings. The van der Waals surface area contributed by atoms with Gasteiger partial charge < -0.3 is 9.80 Å². The number of amides is 1. The number of nitrogens with zero attached hydrogens (tertiary/aromatic N) is 2. The first-order chi connectivity index (χ1) is 13.5. The second-order valence-electron chi connectivity index (χ2n) is 8.69. The molecule has 2 heterocycles. The zero-order valence-electron chi connectivity index (χ0n) is 17.0. The summed E-state index contributed by atoms with van der Waals surface area (Å²) < 4.78 is 0. The van der Waals surface area contributed by atoms with Crippen LogP contribution in [0.25, 0.3) is 0 Å². The SMILES string of the molecule is C[Si]1(C)CN(CCCN2C=CC(c3ccccc3)CC2)C(=O)c2ccccc21. The third kappa shape index (κ3) is 3.92.